The third-order valence-corrected chi connectivity index (χ3v) is 3.04. The molecule has 0 saturated heterocycles. The molecule has 0 unspecified atom stereocenters. The highest BCUT2D eigenvalue weighted by Gasteiger charge is 2.12. The summed E-state index contributed by atoms with van der Waals surface area (Å²) in [6.45, 7) is 0. The van der Waals surface area contributed by atoms with Crippen molar-refractivity contribution in [2.75, 3.05) is 19.5 Å². The number of nitrogens with zero attached hydrogens (tertiary/aromatic N) is 3. The minimum atomic E-state index is -0.511. The molecule has 0 fully saturated rings. The molecule has 0 aliphatic rings. The van der Waals surface area contributed by atoms with Crippen molar-refractivity contribution in [2.24, 2.45) is 7.05 Å². The van der Waals surface area contributed by atoms with Gasteiger partial charge in [-0.15, -0.1) is 0 Å². The lowest BCUT2D eigenvalue weighted by atomic mass is 10.2. The van der Waals surface area contributed by atoms with Crippen LogP contribution in [0.1, 0.15) is 5.56 Å². The highest BCUT2D eigenvalue weighted by atomic mass is 16.5. The maximum atomic E-state index is 12.2. The highest BCUT2D eigenvalue weighted by Crippen LogP contribution is 2.29. The SMILES string of the molecule is COc1ccc(NC(=O)/C(C#N)=C/c2cnn(C)c2)cc1OC. The molecule has 2 rings (SSSR count). The summed E-state index contributed by atoms with van der Waals surface area (Å²) in [5, 5.41) is 15.8. The van der Waals surface area contributed by atoms with Crippen molar-refractivity contribution < 1.29 is 14.3 Å². The fourth-order valence-electron chi connectivity index (χ4n) is 1.94. The van der Waals surface area contributed by atoms with E-state index < -0.39 is 5.91 Å². The summed E-state index contributed by atoms with van der Waals surface area (Å²) < 4.78 is 11.9. The van der Waals surface area contributed by atoms with E-state index in [4.69, 9.17) is 9.47 Å². The molecule has 1 amide bonds. The predicted octanol–water partition coefficient (Wildman–Crippen LogP) is 1.98. The van der Waals surface area contributed by atoms with Crippen LogP contribution >= 0.6 is 0 Å². The molecule has 7 nitrogen and oxygen atoms in total. The van der Waals surface area contributed by atoms with E-state index in [1.807, 2.05) is 6.07 Å². The maximum absolute atomic E-state index is 12.2. The van der Waals surface area contributed by atoms with E-state index in [0.717, 1.165) is 0 Å². The smallest absolute Gasteiger partial charge is 0.266 e. The molecule has 7 heteroatoms. The minimum Gasteiger partial charge on any atom is -0.493 e. The zero-order valence-electron chi connectivity index (χ0n) is 13.0. The Morgan fingerprint density at radius 1 is 1.35 bits per heavy atom. The fraction of sp³-hybridized carbons (Fsp3) is 0.188. The molecule has 1 aromatic carbocycles. The van der Waals surface area contributed by atoms with Gasteiger partial charge in [0.2, 0.25) is 0 Å². The number of amides is 1. The number of carbonyl (C=O) groups is 1. The van der Waals surface area contributed by atoms with Gasteiger partial charge in [0, 0.05) is 30.6 Å². The Balaban J connectivity index is 2.20. The second-order valence-corrected chi connectivity index (χ2v) is 4.64. The molecule has 0 spiro atoms. The number of carbonyl (C=O) groups excluding carboxylic acids is 1. The van der Waals surface area contributed by atoms with Gasteiger partial charge < -0.3 is 14.8 Å². The van der Waals surface area contributed by atoms with Crippen LogP contribution in [0.25, 0.3) is 6.08 Å². The molecule has 23 heavy (non-hydrogen) atoms. The van der Waals surface area contributed by atoms with Crippen LogP contribution in [0.4, 0.5) is 5.69 Å². The lowest BCUT2D eigenvalue weighted by Gasteiger charge is -2.10. The number of hydrogen-bond donors (Lipinski definition) is 1. The van der Waals surface area contributed by atoms with Crippen LogP contribution < -0.4 is 14.8 Å². The lowest BCUT2D eigenvalue weighted by molar-refractivity contribution is -0.112. The Labute approximate surface area is 133 Å². The molecule has 1 aromatic heterocycles. The van der Waals surface area contributed by atoms with Gasteiger partial charge in [0.1, 0.15) is 11.6 Å². The Kier molecular flexibility index (Phi) is 5.00. The van der Waals surface area contributed by atoms with Gasteiger partial charge in [-0.1, -0.05) is 0 Å². The second-order valence-electron chi connectivity index (χ2n) is 4.64. The van der Waals surface area contributed by atoms with Crippen LogP contribution in [0.2, 0.25) is 0 Å². The third-order valence-electron chi connectivity index (χ3n) is 3.04. The van der Waals surface area contributed by atoms with Crippen LogP contribution in [0.5, 0.6) is 11.5 Å². The maximum Gasteiger partial charge on any atom is 0.266 e. The summed E-state index contributed by atoms with van der Waals surface area (Å²) in [6.07, 6.45) is 4.76. The van der Waals surface area contributed by atoms with Gasteiger partial charge in [-0.25, -0.2) is 0 Å². The first-order valence-corrected chi connectivity index (χ1v) is 6.71. The van der Waals surface area contributed by atoms with E-state index >= 15 is 0 Å². The number of anilines is 1. The quantitative estimate of drug-likeness (QED) is 0.673. The lowest BCUT2D eigenvalue weighted by Crippen LogP contribution is -2.13. The van der Waals surface area contributed by atoms with Crippen LogP contribution in [-0.4, -0.2) is 29.9 Å². The first-order valence-electron chi connectivity index (χ1n) is 6.71. The van der Waals surface area contributed by atoms with Crippen LogP contribution in [-0.2, 0) is 11.8 Å². The number of nitriles is 1. The molecular weight excluding hydrogens is 296 g/mol. The fourth-order valence-corrected chi connectivity index (χ4v) is 1.94. The summed E-state index contributed by atoms with van der Waals surface area (Å²) in [6, 6.07) is 6.84. The molecule has 1 N–H and O–H groups in total. The zero-order valence-corrected chi connectivity index (χ0v) is 13.0. The Bertz CT molecular complexity index is 787. The Hall–Kier alpha value is -3.27. The number of hydrogen-bond acceptors (Lipinski definition) is 5. The average molecular weight is 312 g/mol. The van der Waals surface area contributed by atoms with Crippen molar-refractivity contribution in [3.05, 3.63) is 41.7 Å². The van der Waals surface area contributed by atoms with Crippen molar-refractivity contribution in [3.8, 4) is 17.6 Å². The minimum absolute atomic E-state index is 0.0206. The molecule has 0 atom stereocenters. The van der Waals surface area contributed by atoms with Gasteiger partial charge in [0.25, 0.3) is 5.91 Å². The molecule has 0 radical (unpaired) electrons. The van der Waals surface area contributed by atoms with Gasteiger partial charge in [-0.05, 0) is 18.2 Å². The van der Waals surface area contributed by atoms with Gasteiger partial charge in [-0.2, -0.15) is 10.4 Å². The summed E-state index contributed by atoms with van der Waals surface area (Å²) >= 11 is 0. The van der Waals surface area contributed by atoms with Crippen molar-refractivity contribution in [2.45, 2.75) is 0 Å². The van der Waals surface area contributed by atoms with Crippen molar-refractivity contribution in [1.82, 2.24) is 9.78 Å². The summed E-state index contributed by atoms with van der Waals surface area (Å²) in [5.41, 5.74) is 1.15. The van der Waals surface area contributed by atoms with E-state index in [2.05, 4.69) is 10.4 Å². The predicted molar refractivity (Wildman–Crippen MR) is 85.0 cm³/mol. The number of rotatable bonds is 5. The summed E-state index contributed by atoms with van der Waals surface area (Å²) in [4.78, 5) is 12.2. The van der Waals surface area contributed by atoms with E-state index in [0.29, 0.717) is 22.7 Å². The van der Waals surface area contributed by atoms with Crippen LogP contribution in [0.15, 0.2) is 36.2 Å². The molecule has 0 bridgehead atoms. The standard InChI is InChI=1S/C16H16N4O3/c1-20-10-11(9-18-20)6-12(8-17)16(21)19-13-4-5-14(22-2)15(7-13)23-3/h4-7,9-10H,1-3H3,(H,19,21)/b12-6+. The number of ether oxygens (including phenoxy) is 2. The van der Waals surface area contributed by atoms with Gasteiger partial charge >= 0.3 is 0 Å². The average Bonchev–Trinajstić information content (AvgIpc) is 2.97. The summed E-state index contributed by atoms with van der Waals surface area (Å²) in [7, 11) is 4.79. The van der Waals surface area contributed by atoms with E-state index in [1.54, 1.807) is 42.3 Å². The van der Waals surface area contributed by atoms with Gasteiger partial charge in [0.05, 0.1) is 20.4 Å². The largest absolute Gasteiger partial charge is 0.493 e. The second kappa shape index (κ2) is 7.13. The molecule has 0 aliphatic carbocycles. The molecular formula is C16H16N4O3. The van der Waals surface area contributed by atoms with Crippen molar-refractivity contribution in [1.29, 1.82) is 5.26 Å². The van der Waals surface area contributed by atoms with Gasteiger partial charge in [-0.3, -0.25) is 9.48 Å². The molecule has 2 aromatic rings. The van der Waals surface area contributed by atoms with Crippen molar-refractivity contribution in [3.63, 3.8) is 0 Å². The van der Waals surface area contributed by atoms with E-state index in [1.165, 1.54) is 20.3 Å². The number of aryl methyl sites for hydroxylation is 1. The van der Waals surface area contributed by atoms with Gasteiger partial charge in [0.15, 0.2) is 11.5 Å². The highest BCUT2D eigenvalue weighted by molar-refractivity contribution is 6.09. The normalized spacial score (nSPS) is 10.8. The topological polar surface area (TPSA) is 89.2 Å². The van der Waals surface area contributed by atoms with E-state index in [-0.39, 0.29) is 5.57 Å². The van der Waals surface area contributed by atoms with Crippen LogP contribution in [0.3, 0.4) is 0 Å². The Morgan fingerprint density at radius 2 is 2.09 bits per heavy atom. The molecule has 118 valence electrons. The molecule has 0 saturated carbocycles. The van der Waals surface area contributed by atoms with Crippen LogP contribution in [0, 0.1) is 11.3 Å². The number of nitrogens with one attached hydrogen (secondary N) is 1. The number of methoxy groups -OCH3 is 2. The molecule has 0 aliphatic heterocycles. The van der Waals surface area contributed by atoms with E-state index in [9.17, 15) is 10.1 Å². The molecule has 1 heterocycles. The summed E-state index contributed by atoms with van der Waals surface area (Å²) in [5.74, 6) is 0.528. The zero-order chi connectivity index (χ0) is 16.8. The Morgan fingerprint density at radius 3 is 2.65 bits per heavy atom. The first-order chi connectivity index (χ1) is 11.1. The third kappa shape index (κ3) is 3.89. The van der Waals surface area contributed by atoms with Crippen molar-refractivity contribution >= 4 is 17.7 Å². The number of benzene rings is 1. The first kappa shape index (κ1) is 16.1. The monoisotopic (exact) mass is 312 g/mol. The number of aromatic nitrogens is 2.